The number of nitrogens with zero attached hydrogens (tertiary/aromatic N) is 1. The Morgan fingerprint density at radius 3 is 2.64 bits per heavy atom. The van der Waals surface area contributed by atoms with Crippen molar-refractivity contribution in [3.05, 3.63) is 58.1 Å². The molecule has 0 bridgehead atoms. The van der Waals surface area contributed by atoms with E-state index >= 15 is 0 Å². The van der Waals surface area contributed by atoms with Crippen molar-refractivity contribution in [1.29, 1.82) is 0 Å². The number of nitrogens with one attached hydrogen (secondary N) is 1. The highest BCUT2D eigenvalue weighted by Gasteiger charge is 2.25. The van der Waals surface area contributed by atoms with Crippen molar-refractivity contribution in [2.45, 2.75) is 6.04 Å². The zero-order valence-electron chi connectivity index (χ0n) is 15.2. The van der Waals surface area contributed by atoms with E-state index in [-0.39, 0.29) is 31.1 Å². The number of amides is 1. The standard InChI is InChI=1S/C20H21BrN2O4.ClH/c21-16-4-2-1-3-15(16)20(24)22-12-17(23-7-9-25-10-8-23)14-5-6-18-19(11-14)27-13-26-18;/h1-6,11,17H,7-10,12-13H2,(H,22,24);1H. The Labute approximate surface area is 178 Å². The molecule has 150 valence electrons. The molecule has 2 heterocycles. The second-order valence-corrected chi connectivity index (χ2v) is 7.32. The highest BCUT2D eigenvalue weighted by molar-refractivity contribution is 9.10. The molecule has 0 aromatic heterocycles. The molecule has 2 aliphatic rings. The lowest BCUT2D eigenvalue weighted by molar-refractivity contribution is 0.0162. The minimum atomic E-state index is -0.0959. The van der Waals surface area contributed by atoms with Crippen LogP contribution in [0.5, 0.6) is 11.5 Å². The molecule has 1 unspecified atom stereocenters. The summed E-state index contributed by atoms with van der Waals surface area (Å²) in [5, 5.41) is 3.08. The van der Waals surface area contributed by atoms with E-state index in [0.29, 0.717) is 25.3 Å². The lowest BCUT2D eigenvalue weighted by Gasteiger charge is -2.35. The van der Waals surface area contributed by atoms with E-state index in [0.717, 1.165) is 34.6 Å². The van der Waals surface area contributed by atoms with Crippen molar-refractivity contribution >= 4 is 34.2 Å². The molecule has 1 fully saturated rings. The van der Waals surface area contributed by atoms with Gasteiger partial charge in [-0.2, -0.15) is 0 Å². The van der Waals surface area contributed by atoms with Gasteiger partial charge in [-0.15, -0.1) is 12.4 Å². The number of carbonyl (C=O) groups excluding carboxylic acids is 1. The molecule has 1 amide bonds. The second-order valence-electron chi connectivity index (χ2n) is 6.47. The number of hydrogen-bond donors (Lipinski definition) is 1. The average molecular weight is 470 g/mol. The zero-order chi connectivity index (χ0) is 18.6. The quantitative estimate of drug-likeness (QED) is 0.727. The maximum absolute atomic E-state index is 12.6. The highest BCUT2D eigenvalue weighted by Crippen LogP contribution is 2.35. The first-order valence-corrected chi connectivity index (χ1v) is 9.76. The van der Waals surface area contributed by atoms with Gasteiger partial charge in [0.1, 0.15) is 0 Å². The Kier molecular flexibility index (Phi) is 7.18. The van der Waals surface area contributed by atoms with Gasteiger partial charge in [0, 0.05) is 24.1 Å². The molecule has 4 rings (SSSR count). The van der Waals surface area contributed by atoms with Gasteiger partial charge in [0.25, 0.3) is 5.91 Å². The molecule has 0 spiro atoms. The number of benzene rings is 2. The van der Waals surface area contributed by atoms with Crippen LogP contribution in [0.2, 0.25) is 0 Å². The number of hydrogen-bond acceptors (Lipinski definition) is 5. The lowest BCUT2D eigenvalue weighted by atomic mass is 10.0. The number of halogens is 2. The summed E-state index contributed by atoms with van der Waals surface area (Å²) in [6.07, 6.45) is 0. The van der Waals surface area contributed by atoms with E-state index in [2.05, 4.69) is 26.1 Å². The van der Waals surface area contributed by atoms with Crippen LogP contribution < -0.4 is 14.8 Å². The molecule has 2 aliphatic heterocycles. The van der Waals surface area contributed by atoms with Gasteiger partial charge < -0.3 is 19.5 Å². The molecule has 2 aromatic carbocycles. The number of fused-ring (bicyclic) bond motifs is 1. The van der Waals surface area contributed by atoms with Gasteiger partial charge in [0.15, 0.2) is 11.5 Å². The maximum atomic E-state index is 12.6. The van der Waals surface area contributed by atoms with Crippen LogP contribution in [0.25, 0.3) is 0 Å². The van der Waals surface area contributed by atoms with Gasteiger partial charge in [0.2, 0.25) is 6.79 Å². The number of morpholine rings is 1. The summed E-state index contributed by atoms with van der Waals surface area (Å²) in [6, 6.07) is 13.4. The topological polar surface area (TPSA) is 60.0 Å². The van der Waals surface area contributed by atoms with Crippen LogP contribution in [-0.4, -0.2) is 50.4 Å². The molecule has 1 N–H and O–H groups in total. The van der Waals surface area contributed by atoms with Gasteiger partial charge in [-0.05, 0) is 45.8 Å². The van der Waals surface area contributed by atoms with Gasteiger partial charge in [-0.3, -0.25) is 9.69 Å². The van der Waals surface area contributed by atoms with Gasteiger partial charge >= 0.3 is 0 Å². The highest BCUT2D eigenvalue weighted by atomic mass is 79.9. The van der Waals surface area contributed by atoms with E-state index in [1.165, 1.54) is 0 Å². The molecule has 1 saturated heterocycles. The van der Waals surface area contributed by atoms with E-state index in [9.17, 15) is 4.79 Å². The fourth-order valence-electron chi connectivity index (χ4n) is 3.40. The van der Waals surface area contributed by atoms with Crippen molar-refractivity contribution < 1.29 is 19.0 Å². The summed E-state index contributed by atoms with van der Waals surface area (Å²) in [6.45, 7) is 3.78. The summed E-state index contributed by atoms with van der Waals surface area (Å²) in [4.78, 5) is 15.0. The first-order valence-electron chi connectivity index (χ1n) is 8.96. The molecule has 0 radical (unpaired) electrons. The van der Waals surface area contributed by atoms with Crippen molar-refractivity contribution in [2.24, 2.45) is 0 Å². The normalized spacial score (nSPS) is 16.9. The average Bonchev–Trinajstić information content (AvgIpc) is 3.17. The Morgan fingerprint density at radius 1 is 1.11 bits per heavy atom. The van der Waals surface area contributed by atoms with Crippen molar-refractivity contribution in [1.82, 2.24) is 10.2 Å². The largest absolute Gasteiger partial charge is 0.454 e. The van der Waals surface area contributed by atoms with Crippen LogP contribution in [0.15, 0.2) is 46.9 Å². The van der Waals surface area contributed by atoms with Crippen LogP contribution >= 0.6 is 28.3 Å². The maximum Gasteiger partial charge on any atom is 0.252 e. The zero-order valence-corrected chi connectivity index (χ0v) is 17.6. The summed E-state index contributed by atoms with van der Waals surface area (Å²) in [7, 11) is 0. The first kappa shape index (κ1) is 20.9. The van der Waals surface area contributed by atoms with E-state index in [4.69, 9.17) is 14.2 Å². The molecule has 28 heavy (non-hydrogen) atoms. The Morgan fingerprint density at radius 2 is 1.86 bits per heavy atom. The van der Waals surface area contributed by atoms with Crippen molar-refractivity contribution in [3.63, 3.8) is 0 Å². The number of ether oxygens (including phenoxy) is 3. The Balaban J connectivity index is 0.00000225. The minimum absolute atomic E-state index is 0. The molecule has 6 nitrogen and oxygen atoms in total. The molecule has 0 aliphatic carbocycles. The Hall–Kier alpha value is -1.80. The van der Waals surface area contributed by atoms with Crippen molar-refractivity contribution in [3.8, 4) is 11.5 Å². The van der Waals surface area contributed by atoms with Crippen LogP contribution in [0.4, 0.5) is 0 Å². The second kappa shape index (κ2) is 9.60. The lowest BCUT2D eigenvalue weighted by Crippen LogP contribution is -2.43. The number of carbonyl (C=O) groups is 1. The summed E-state index contributed by atoms with van der Waals surface area (Å²) in [5.74, 6) is 1.42. The molecule has 2 aromatic rings. The molecule has 0 saturated carbocycles. The first-order chi connectivity index (χ1) is 13.2. The third kappa shape index (κ3) is 4.60. The minimum Gasteiger partial charge on any atom is -0.454 e. The molecule has 1 atom stereocenters. The van der Waals surface area contributed by atoms with Crippen LogP contribution in [0.1, 0.15) is 22.0 Å². The molecule has 8 heteroatoms. The van der Waals surface area contributed by atoms with Crippen LogP contribution in [0, 0.1) is 0 Å². The summed E-state index contributed by atoms with van der Waals surface area (Å²) < 4.78 is 17.2. The predicted octanol–water partition coefficient (Wildman–Crippen LogP) is 3.40. The van der Waals surface area contributed by atoms with E-state index in [1.54, 1.807) is 0 Å². The third-order valence-electron chi connectivity index (χ3n) is 4.84. The predicted molar refractivity (Wildman–Crippen MR) is 111 cm³/mol. The third-order valence-corrected chi connectivity index (χ3v) is 5.53. The van der Waals surface area contributed by atoms with Crippen LogP contribution in [-0.2, 0) is 4.74 Å². The van der Waals surface area contributed by atoms with E-state index < -0.39 is 0 Å². The van der Waals surface area contributed by atoms with E-state index in [1.807, 2.05) is 42.5 Å². The van der Waals surface area contributed by atoms with Gasteiger partial charge in [-0.25, -0.2) is 0 Å². The van der Waals surface area contributed by atoms with Gasteiger partial charge in [0.05, 0.1) is 24.8 Å². The van der Waals surface area contributed by atoms with Gasteiger partial charge in [-0.1, -0.05) is 18.2 Å². The van der Waals surface area contributed by atoms with Crippen LogP contribution in [0.3, 0.4) is 0 Å². The summed E-state index contributed by atoms with van der Waals surface area (Å²) in [5.41, 5.74) is 1.72. The fraction of sp³-hybridized carbons (Fsp3) is 0.350. The SMILES string of the molecule is Cl.O=C(NCC(c1ccc2c(c1)OCO2)N1CCOCC1)c1ccccc1Br. The Bertz CT molecular complexity index is 830. The molecular formula is C20H22BrClN2O4. The fourth-order valence-corrected chi connectivity index (χ4v) is 3.86. The number of rotatable bonds is 5. The monoisotopic (exact) mass is 468 g/mol. The summed E-state index contributed by atoms with van der Waals surface area (Å²) >= 11 is 3.44. The smallest absolute Gasteiger partial charge is 0.252 e. The van der Waals surface area contributed by atoms with Crippen molar-refractivity contribution in [2.75, 3.05) is 39.6 Å². The molecular weight excluding hydrogens is 448 g/mol.